The highest BCUT2D eigenvalue weighted by atomic mass is 32.1. The average molecular weight is 356 g/mol. The van der Waals surface area contributed by atoms with E-state index < -0.39 is 11.9 Å². The van der Waals surface area contributed by atoms with Crippen LogP contribution in [0, 0.1) is 0 Å². The Bertz CT molecular complexity index is 667. The van der Waals surface area contributed by atoms with E-state index in [4.69, 9.17) is 0 Å². The first kappa shape index (κ1) is 18.3. The van der Waals surface area contributed by atoms with E-state index in [1.54, 1.807) is 7.05 Å². The van der Waals surface area contributed by atoms with Gasteiger partial charge in [-0.05, 0) is 11.5 Å². The molecule has 130 valence electrons. The molecule has 1 heterocycles. The van der Waals surface area contributed by atoms with Gasteiger partial charge in [0.25, 0.3) is 0 Å². The van der Waals surface area contributed by atoms with E-state index in [0.717, 1.165) is 16.7 Å². The molecule has 1 unspecified atom stereocenters. The smallest absolute Gasteiger partial charge is 0.356 e. The van der Waals surface area contributed by atoms with Crippen molar-refractivity contribution in [2.24, 2.45) is 4.99 Å². The van der Waals surface area contributed by atoms with Gasteiger partial charge in [0.1, 0.15) is 5.01 Å². The predicted molar refractivity (Wildman–Crippen MR) is 90.2 cm³/mol. The van der Waals surface area contributed by atoms with Crippen LogP contribution < -0.4 is 10.6 Å². The van der Waals surface area contributed by atoms with E-state index in [1.165, 1.54) is 5.56 Å². The van der Waals surface area contributed by atoms with Crippen molar-refractivity contribution in [2.45, 2.75) is 25.6 Å². The van der Waals surface area contributed by atoms with Crippen LogP contribution in [0.2, 0.25) is 0 Å². The quantitative estimate of drug-likeness (QED) is 0.635. The lowest BCUT2D eigenvalue weighted by atomic mass is 10.0. The molecule has 0 saturated heterocycles. The Morgan fingerprint density at radius 1 is 1.25 bits per heavy atom. The average Bonchev–Trinajstić information content (AvgIpc) is 3.05. The zero-order valence-electron chi connectivity index (χ0n) is 13.4. The van der Waals surface area contributed by atoms with Gasteiger partial charge in [-0.2, -0.15) is 13.2 Å². The minimum Gasteiger partial charge on any atom is -0.356 e. The Balaban J connectivity index is 1.83. The van der Waals surface area contributed by atoms with Gasteiger partial charge in [0, 0.05) is 19.0 Å². The Morgan fingerprint density at radius 2 is 1.96 bits per heavy atom. The van der Waals surface area contributed by atoms with Gasteiger partial charge in [0.15, 0.2) is 11.7 Å². The summed E-state index contributed by atoms with van der Waals surface area (Å²) in [6.45, 7) is 2.95. The molecule has 1 aromatic heterocycles. The van der Waals surface area contributed by atoms with Crippen molar-refractivity contribution in [1.29, 1.82) is 0 Å². The summed E-state index contributed by atoms with van der Waals surface area (Å²) in [5, 5.41) is 7.53. The minimum atomic E-state index is -4.40. The van der Waals surface area contributed by atoms with Crippen LogP contribution in [0.25, 0.3) is 0 Å². The van der Waals surface area contributed by atoms with Gasteiger partial charge in [-0.25, -0.2) is 4.98 Å². The Kier molecular flexibility index (Phi) is 6.19. The van der Waals surface area contributed by atoms with Gasteiger partial charge in [-0.15, -0.1) is 11.3 Å². The molecule has 0 amide bonds. The van der Waals surface area contributed by atoms with E-state index in [1.807, 2.05) is 18.2 Å². The van der Waals surface area contributed by atoms with Gasteiger partial charge >= 0.3 is 6.18 Å². The second-order valence-corrected chi connectivity index (χ2v) is 6.19. The Labute approximate surface area is 142 Å². The summed E-state index contributed by atoms with van der Waals surface area (Å²) in [5.41, 5.74) is 0.347. The molecule has 0 bridgehead atoms. The number of benzene rings is 1. The van der Waals surface area contributed by atoms with Gasteiger partial charge in [-0.1, -0.05) is 37.3 Å². The third kappa shape index (κ3) is 5.23. The molecule has 24 heavy (non-hydrogen) atoms. The van der Waals surface area contributed by atoms with Crippen LogP contribution in [-0.2, 0) is 12.7 Å². The summed E-state index contributed by atoms with van der Waals surface area (Å²) in [6.07, 6.45) is -4.40. The highest BCUT2D eigenvalue weighted by Gasteiger charge is 2.33. The maximum absolute atomic E-state index is 12.5. The van der Waals surface area contributed by atoms with E-state index in [0.29, 0.717) is 17.5 Å². The normalized spacial score (nSPS) is 13.6. The second-order valence-electron chi connectivity index (χ2n) is 5.24. The number of aliphatic imine (C=N–C) groups is 1. The molecule has 0 saturated carbocycles. The lowest BCUT2D eigenvalue weighted by Crippen LogP contribution is -2.38. The largest absolute Gasteiger partial charge is 0.434 e. The summed E-state index contributed by atoms with van der Waals surface area (Å²) < 4.78 is 37.6. The molecule has 4 nitrogen and oxygen atoms in total. The number of aromatic nitrogens is 1. The van der Waals surface area contributed by atoms with Gasteiger partial charge in [0.2, 0.25) is 0 Å². The summed E-state index contributed by atoms with van der Waals surface area (Å²) in [4.78, 5) is 7.65. The lowest BCUT2D eigenvalue weighted by molar-refractivity contribution is -0.140. The molecular formula is C16H19F3N4S. The molecule has 0 fully saturated rings. The predicted octanol–water partition coefficient (Wildman–Crippen LogP) is 3.63. The van der Waals surface area contributed by atoms with Crippen molar-refractivity contribution in [3.05, 3.63) is 52.0 Å². The third-order valence-electron chi connectivity index (χ3n) is 3.42. The molecule has 0 radical (unpaired) electrons. The zero-order valence-corrected chi connectivity index (χ0v) is 14.2. The third-order valence-corrected chi connectivity index (χ3v) is 4.27. The van der Waals surface area contributed by atoms with Crippen molar-refractivity contribution in [3.8, 4) is 0 Å². The van der Waals surface area contributed by atoms with Crippen LogP contribution in [0.1, 0.15) is 29.1 Å². The van der Waals surface area contributed by atoms with E-state index in [-0.39, 0.29) is 12.5 Å². The number of halogens is 3. The maximum Gasteiger partial charge on any atom is 0.434 e. The molecule has 2 N–H and O–H groups in total. The number of hydrogen-bond acceptors (Lipinski definition) is 3. The monoisotopic (exact) mass is 356 g/mol. The molecule has 0 spiro atoms. The fourth-order valence-corrected chi connectivity index (χ4v) is 2.79. The van der Waals surface area contributed by atoms with Crippen molar-refractivity contribution in [3.63, 3.8) is 0 Å². The Hall–Kier alpha value is -2.09. The molecule has 0 aliphatic rings. The van der Waals surface area contributed by atoms with Crippen LogP contribution in [0.4, 0.5) is 13.2 Å². The number of nitrogens with zero attached hydrogens (tertiary/aromatic N) is 2. The molecule has 0 aliphatic heterocycles. The fraction of sp³-hybridized carbons (Fsp3) is 0.375. The molecule has 1 atom stereocenters. The van der Waals surface area contributed by atoms with Gasteiger partial charge in [0.05, 0.1) is 6.54 Å². The minimum absolute atomic E-state index is 0.195. The van der Waals surface area contributed by atoms with Crippen LogP contribution >= 0.6 is 11.3 Å². The van der Waals surface area contributed by atoms with E-state index in [9.17, 15) is 13.2 Å². The topological polar surface area (TPSA) is 49.3 Å². The highest BCUT2D eigenvalue weighted by Crippen LogP contribution is 2.29. The van der Waals surface area contributed by atoms with Crippen molar-refractivity contribution in [1.82, 2.24) is 15.6 Å². The highest BCUT2D eigenvalue weighted by molar-refractivity contribution is 7.09. The van der Waals surface area contributed by atoms with E-state index in [2.05, 4.69) is 39.7 Å². The lowest BCUT2D eigenvalue weighted by Gasteiger charge is -2.16. The second kappa shape index (κ2) is 8.14. The van der Waals surface area contributed by atoms with Crippen LogP contribution in [-0.4, -0.2) is 24.5 Å². The summed E-state index contributed by atoms with van der Waals surface area (Å²) in [6, 6.07) is 10.0. The molecular weight excluding hydrogens is 337 g/mol. The number of alkyl halides is 3. The zero-order chi connectivity index (χ0) is 17.6. The first-order valence-electron chi connectivity index (χ1n) is 7.41. The van der Waals surface area contributed by atoms with Crippen LogP contribution in [0.15, 0.2) is 40.7 Å². The molecule has 2 rings (SSSR count). The number of nitrogens with one attached hydrogen (secondary N) is 2. The number of hydrogen-bond donors (Lipinski definition) is 2. The van der Waals surface area contributed by atoms with Crippen molar-refractivity contribution < 1.29 is 13.2 Å². The number of guanidine groups is 1. The van der Waals surface area contributed by atoms with Crippen LogP contribution in [0.5, 0.6) is 0 Å². The SMILES string of the molecule is CN=C(NCc1nc(C(F)(F)F)cs1)NCC(C)c1ccccc1. The van der Waals surface area contributed by atoms with Crippen molar-refractivity contribution in [2.75, 3.05) is 13.6 Å². The number of rotatable bonds is 5. The maximum atomic E-state index is 12.5. The van der Waals surface area contributed by atoms with Crippen LogP contribution in [0.3, 0.4) is 0 Å². The first-order chi connectivity index (χ1) is 11.4. The number of thiazole rings is 1. The summed E-state index contributed by atoms with van der Waals surface area (Å²) in [5.74, 6) is 0.808. The fourth-order valence-electron chi connectivity index (χ4n) is 2.05. The van der Waals surface area contributed by atoms with Gasteiger partial charge in [-0.3, -0.25) is 4.99 Å². The molecule has 0 aliphatic carbocycles. The molecule has 2 aromatic rings. The molecule has 1 aromatic carbocycles. The summed E-state index contributed by atoms with van der Waals surface area (Å²) >= 11 is 0.974. The Morgan fingerprint density at radius 3 is 2.54 bits per heavy atom. The standard InChI is InChI=1S/C16H19F3N4S/c1-11(12-6-4-3-5-7-12)8-21-15(20-2)22-9-14-23-13(10-24-14)16(17,18)19/h3-7,10-11H,8-9H2,1-2H3,(H2,20,21,22). The van der Waals surface area contributed by atoms with Crippen molar-refractivity contribution >= 4 is 17.3 Å². The molecule has 8 heteroatoms. The van der Waals surface area contributed by atoms with Gasteiger partial charge < -0.3 is 10.6 Å². The first-order valence-corrected chi connectivity index (χ1v) is 8.29. The summed E-state index contributed by atoms with van der Waals surface area (Å²) in [7, 11) is 1.62. The van der Waals surface area contributed by atoms with E-state index >= 15 is 0 Å².